The number of rotatable bonds is 10. The van der Waals surface area contributed by atoms with Gasteiger partial charge in [-0.1, -0.05) is 49.6 Å². The Kier molecular flexibility index (Phi) is 10.6. The Labute approximate surface area is 121 Å². The van der Waals surface area contributed by atoms with Gasteiger partial charge in [0.1, 0.15) is 0 Å². The molecule has 0 aliphatic heterocycles. The molecule has 0 saturated carbocycles. The molecule has 1 unspecified atom stereocenters. The first-order valence-electron chi connectivity index (χ1n) is 7.87. The van der Waals surface area contributed by atoms with E-state index in [1.54, 1.807) is 0 Å². The van der Waals surface area contributed by atoms with Crippen LogP contribution in [0.15, 0.2) is 36.0 Å². The largest absolute Gasteiger partial charge is 0.103 e. The topological polar surface area (TPSA) is 0 Å². The number of hydrogen-bond donors (Lipinski definition) is 0. The van der Waals surface area contributed by atoms with Gasteiger partial charge < -0.3 is 0 Å². The zero-order chi connectivity index (χ0) is 14.7. The van der Waals surface area contributed by atoms with Gasteiger partial charge in [0.25, 0.3) is 0 Å². The van der Waals surface area contributed by atoms with Gasteiger partial charge in [0.05, 0.1) is 0 Å². The quantitative estimate of drug-likeness (QED) is 0.384. The lowest BCUT2D eigenvalue weighted by atomic mass is 9.93. The van der Waals surface area contributed by atoms with Crippen LogP contribution in [0, 0.1) is 11.8 Å². The van der Waals surface area contributed by atoms with Crippen molar-refractivity contribution in [1.82, 2.24) is 0 Å². The third kappa shape index (κ3) is 12.0. The minimum absolute atomic E-state index is 0.698. The van der Waals surface area contributed by atoms with Crippen molar-refractivity contribution in [3.8, 4) is 0 Å². The Bertz CT molecular complexity index is 287. The summed E-state index contributed by atoms with van der Waals surface area (Å²) < 4.78 is 0. The molecule has 0 rings (SSSR count). The molecule has 0 heterocycles. The fourth-order valence-electron chi connectivity index (χ4n) is 2.16. The molecule has 0 spiro atoms. The Morgan fingerprint density at radius 1 is 0.947 bits per heavy atom. The minimum Gasteiger partial charge on any atom is -0.103 e. The molecule has 0 bridgehead atoms. The van der Waals surface area contributed by atoms with Gasteiger partial charge in [-0.15, -0.1) is 6.58 Å². The summed E-state index contributed by atoms with van der Waals surface area (Å²) in [5.74, 6) is 1.51. The average molecular weight is 262 g/mol. The molecule has 0 fully saturated rings. The lowest BCUT2D eigenvalue weighted by molar-refractivity contribution is 0.463. The van der Waals surface area contributed by atoms with E-state index in [9.17, 15) is 0 Å². The first-order valence-corrected chi connectivity index (χ1v) is 7.87. The molecule has 0 nitrogen and oxygen atoms in total. The number of allylic oxidation sites excluding steroid dienone is 5. The van der Waals surface area contributed by atoms with Crippen molar-refractivity contribution >= 4 is 0 Å². The van der Waals surface area contributed by atoms with E-state index < -0.39 is 0 Å². The Morgan fingerprint density at radius 3 is 2.16 bits per heavy atom. The van der Waals surface area contributed by atoms with Gasteiger partial charge in [-0.05, 0) is 64.7 Å². The molecular formula is C19H34. The fraction of sp³-hybridized carbons (Fsp3) is 0.684. The van der Waals surface area contributed by atoms with Crippen molar-refractivity contribution in [3.63, 3.8) is 0 Å². The first-order chi connectivity index (χ1) is 8.95. The molecular weight excluding hydrogens is 228 g/mol. The maximum absolute atomic E-state index is 3.98. The first kappa shape index (κ1) is 18.2. The van der Waals surface area contributed by atoms with Crippen LogP contribution in [0.2, 0.25) is 0 Å². The molecule has 0 aromatic rings. The molecule has 0 aromatic carbocycles. The second-order valence-electron chi connectivity index (χ2n) is 6.41. The predicted molar refractivity (Wildman–Crippen MR) is 89.4 cm³/mol. The van der Waals surface area contributed by atoms with Crippen LogP contribution in [0.1, 0.15) is 73.1 Å². The normalized spacial score (nSPS) is 13.5. The van der Waals surface area contributed by atoms with E-state index in [1.165, 1.54) is 49.7 Å². The minimum atomic E-state index is 0.698. The highest BCUT2D eigenvalue weighted by molar-refractivity contribution is 5.02. The zero-order valence-corrected chi connectivity index (χ0v) is 13.8. The highest BCUT2D eigenvalue weighted by Gasteiger charge is 2.04. The van der Waals surface area contributed by atoms with Crippen molar-refractivity contribution in [2.45, 2.75) is 73.1 Å². The summed E-state index contributed by atoms with van der Waals surface area (Å²) in [5, 5.41) is 0. The van der Waals surface area contributed by atoms with Gasteiger partial charge in [-0.2, -0.15) is 0 Å². The van der Waals surface area contributed by atoms with Gasteiger partial charge in [-0.3, -0.25) is 0 Å². The van der Waals surface area contributed by atoms with E-state index in [-0.39, 0.29) is 0 Å². The highest BCUT2D eigenvalue weighted by atomic mass is 14.1. The average Bonchev–Trinajstić information content (AvgIpc) is 2.32. The van der Waals surface area contributed by atoms with Crippen LogP contribution in [-0.4, -0.2) is 0 Å². The summed E-state index contributed by atoms with van der Waals surface area (Å²) in [6.45, 7) is 15.2. The Morgan fingerprint density at radius 2 is 1.63 bits per heavy atom. The van der Waals surface area contributed by atoms with E-state index in [0.29, 0.717) is 5.92 Å². The molecule has 0 aliphatic carbocycles. The SMILES string of the molecule is C=CC(CC/C=C(\C)CCC=C(C)C)CCC(C)C. The second-order valence-corrected chi connectivity index (χ2v) is 6.41. The lowest BCUT2D eigenvalue weighted by Gasteiger charge is -2.12. The Balaban J connectivity index is 3.89. The van der Waals surface area contributed by atoms with Gasteiger partial charge in [-0.25, -0.2) is 0 Å². The monoisotopic (exact) mass is 262 g/mol. The van der Waals surface area contributed by atoms with Gasteiger partial charge in [0.2, 0.25) is 0 Å². The third-order valence-corrected chi connectivity index (χ3v) is 3.57. The highest BCUT2D eigenvalue weighted by Crippen LogP contribution is 2.19. The van der Waals surface area contributed by atoms with E-state index in [2.05, 4.69) is 59.4 Å². The molecule has 0 heteroatoms. The van der Waals surface area contributed by atoms with Crippen LogP contribution in [-0.2, 0) is 0 Å². The molecule has 0 aromatic heterocycles. The fourth-order valence-corrected chi connectivity index (χ4v) is 2.16. The van der Waals surface area contributed by atoms with Crippen LogP contribution in [0.5, 0.6) is 0 Å². The van der Waals surface area contributed by atoms with Crippen molar-refractivity contribution in [2.24, 2.45) is 11.8 Å². The second kappa shape index (κ2) is 11.1. The Hall–Kier alpha value is -0.780. The molecule has 0 saturated heterocycles. The van der Waals surface area contributed by atoms with Crippen molar-refractivity contribution in [2.75, 3.05) is 0 Å². The van der Waals surface area contributed by atoms with Crippen LogP contribution < -0.4 is 0 Å². The lowest BCUT2D eigenvalue weighted by Crippen LogP contribution is -1.98. The number of hydrogen-bond acceptors (Lipinski definition) is 0. The van der Waals surface area contributed by atoms with E-state index in [0.717, 1.165) is 5.92 Å². The van der Waals surface area contributed by atoms with Gasteiger partial charge in [0, 0.05) is 0 Å². The van der Waals surface area contributed by atoms with Crippen molar-refractivity contribution in [3.05, 3.63) is 36.0 Å². The maximum Gasteiger partial charge on any atom is -0.0233 e. The van der Waals surface area contributed by atoms with Crippen LogP contribution in [0.4, 0.5) is 0 Å². The van der Waals surface area contributed by atoms with Crippen molar-refractivity contribution < 1.29 is 0 Å². The third-order valence-electron chi connectivity index (χ3n) is 3.57. The van der Waals surface area contributed by atoms with Gasteiger partial charge in [0.15, 0.2) is 0 Å². The molecule has 19 heavy (non-hydrogen) atoms. The van der Waals surface area contributed by atoms with E-state index >= 15 is 0 Å². The van der Waals surface area contributed by atoms with Crippen LogP contribution in [0.25, 0.3) is 0 Å². The molecule has 0 radical (unpaired) electrons. The molecule has 1 atom stereocenters. The summed E-state index contributed by atoms with van der Waals surface area (Å²) in [4.78, 5) is 0. The molecule has 0 aliphatic rings. The van der Waals surface area contributed by atoms with Crippen molar-refractivity contribution in [1.29, 1.82) is 0 Å². The predicted octanol–water partition coefficient (Wildman–Crippen LogP) is 6.70. The molecule has 0 amide bonds. The summed E-state index contributed by atoms with van der Waals surface area (Å²) in [5.41, 5.74) is 2.96. The molecule has 0 N–H and O–H groups in total. The van der Waals surface area contributed by atoms with E-state index in [1.807, 2.05) is 0 Å². The summed E-state index contributed by atoms with van der Waals surface area (Å²) in [6, 6.07) is 0. The summed E-state index contributed by atoms with van der Waals surface area (Å²) in [6.07, 6.45) is 14.4. The summed E-state index contributed by atoms with van der Waals surface area (Å²) >= 11 is 0. The smallest absolute Gasteiger partial charge is 0.0233 e. The zero-order valence-electron chi connectivity index (χ0n) is 13.8. The standard InChI is InChI=1S/C19H34/c1-7-19(15-14-17(4)5)13-9-12-18(6)11-8-10-16(2)3/h7,10,12,17,19H,1,8-9,11,13-15H2,2-6H3/b18-12+. The van der Waals surface area contributed by atoms with Gasteiger partial charge >= 0.3 is 0 Å². The maximum atomic E-state index is 3.98. The van der Waals surface area contributed by atoms with E-state index in [4.69, 9.17) is 0 Å². The van der Waals surface area contributed by atoms with Crippen LogP contribution in [0.3, 0.4) is 0 Å². The molecule has 110 valence electrons. The summed E-state index contributed by atoms with van der Waals surface area (Å²) in [7, 11) is 0. The van der Waals surface area contributed by atoms with Crippen LogP contribution >= 0.6 is 0 Å².